The number of carboxylic acids is 1. The van der Waals surface area contributed by atoms with E-state index in [1.165, 1.54) is 6.92 Å². The Labute approximate surface area is 168 Å². The predicted molar refractivity (Wildman–Crippen MR) is 107 cm³/mol. The fourth-order valence-electron chi connectivity index (χ4n) is 3.14. The maximum absolute atomic E-state index is 12.5. The van der Waals surface area contributed by atoms with Crippen LogP contribution in [0.2, 0.25) is 0 Å². The van der Waals surface area contributed by atoms with Crippen molar-refractivity contribution in [2.24, 2.45) is 0 Å². The summed E-state index contributed by atoms with van der Waals surface area (Å²) in [5, 5.41) is 17.5. The molecule has 2 amide bonds. The van der Waals surface area contributed by atoms with Crippen molar-refractivity contribution in [2.45, 2.75) is 32.4 Å². The van der Waals surface area contributed by atoms with Gasteiger partial charge in [-0.2, -0.15) is 0 Å². The number of hydrogen-bond acceptors (Lipinski definition) is 4. The SMILES string of the molecule is Cc1cccc(C(=O)N[C@@H](C)C(=O)N[C@H](Cc2c[nH]c3ccccc23)C(=O)[O-])c1. The number of benzene rings is 2. The first kappa shape index (κ1) is 20.1. The van der Waals surface area contributed by atoms with E-state index in [4.69, 9.17) is 0 Å². The normalized spacial score (nSPS) is 12.9. The predicted octanol–water partition coefficient (Wildman–Crippen LogP) is 1.07. The average Bonchev–Trinajstić information content (AvgIpc) is 3.10. The zero-order valence-electron chi connectivity index (χ0n) is 16.2. The van der Waals surface area contributed by atoms with Crippen LogP contribution < -0.4 is 15.7 Å². The third kappa shape index (κ3) is 4.82. The molecule has 7 nitrogen and oxygen atoms in total. The molecule has 1 aromatic heterocycles. The van der Waals surface area contributed by atoms with Crippen molar-refractivity contribution >= 4 is 28.7 Å². The molecule has 0 unspecified atom stereocenters. The first-order chi connectivity index (χ1) is 13.8. The van der Waals surface area contributed by atoms with Gasteiger partial charge in [-0.15, -0.1) is 0 Å². The summed E-state index contributed by atoms with van der Waals surface area (Å²) in [6, 6.07) is 12.3. The average molecular weight is 392 g/mol. The van der Waals surface area contributed by atoms with Gasteiger partial charge < -0.3 is 25.5 Å². The fourth-order valence-corrected chi connectivity index (χ4v) is 3.14. The second-order valence-electron chi connectivity index (χ2n) is 7.01. The summed E-state index contributed by atoms with van der Waals surface area (Å²) in [7, 11) is 0. The molecule has 2 atom stereocenters. The third-order valence-corrected chi connectivity index (χ3v) is 4.72. The number of aromatic amines is 1. The highest BCUT2D eigenvalue weighted by Crippen LogP contribution is 2.19. The molecule has 3 rings (SSSR count). The Morgan fingerprint density at radius 1 is 1.07 bits per heavy atom. The number of carbonyl (C=O) groups excluding carboxylic acids is 3. The molecular formula is C22H22N3O4-. The first-order valence-electron chi connectivity index (χ1n) is 9.29. The minimum Gasteiger partial charge on any atom is -0.548 e. The van der Waals surface area contributed by atoms with Crippen LogP contribution in [-0.4, -0.2) is 34.9 Å². The molecule has 2 aromatic carbocycles. The molecule has 0 spiro atoms. The van der Waals surface area contributed by atoms with Gasteiger partial charge in [0.1, 0.15) is 6.04 Å². The van der Waals surface area contributed by atoms with E-state index in [-0.39, 0.29) is 6.42 Å². The maximum atomic E-state index is 12.5. The topological polar surface area (TPSA) is 114 Å². The maximum Gasteiger partial charge on any atom is 0.251 e. The van der Waals surface area contributed by atoms with Crippen LogP contribution in [0.3, 0.4) is 0 Å². The largest absolute Gasteiger partial charge is 0.548 e. The van der Waals surface area contributed by atoms with Crippen LogP contribution in [0.15, 0.2) is 54.7 Å². The Morgan fingerprint density at radius 3 is 2.55 bits per heavy atom. The van der Waals surface area contributed by atoms with E-state index in [0.29, 0.717) is 5.56 Å². The van der Waals surface area contributed by atoms with Gasteiger partial charge in [0.05, 0.1) is 12.0 Å². The van der Waals surface area contributed by atoms with Crippen molar-refractivity contribution in [1.29, 1.82) is 0 Å². The molecule has 0 aliphatic heterocycles. The lowest BCUT2D eigenvalue weighted by Gasteiger charge is -2.22. The molecule has 0 saturated heterocycles. The van der Waals surface area contributed by atoms with Crippen LogP contribution in [0.25, 0.3) is 10.9 Å². The van der Waals surface area contributed by atoms with Crippen molar-refractivity contribution in [1.82, 2.24) is 15.6 Å². The Kier molecular flexibility index (Phi) is 5.97. The number of amides is 2. The molecule has 0 fully saturated rings. The number of aliphatic carboxylic acids is 1. The smallest absolute Gasteiger partial charge is 0.251 e. The number of H-pyrrole nitrogens is 1. The Bertz CT molecular complexity index is 1060. The highest BCUT2D eigenvalue weighted by Gasteiger charge is 2.21. The quantitative estimate of drug-likeness (QED) is 0.558. The summed E-state index contributed by atoms with van der Waals surface area (Å²) < 4.78 is 0. The number of rotatable bonds is 7. The van der Waals surface area contributed by atoms with Gasteiger partial charge in [0.2, 0.25) is 5.91 Å². The van der Waals surface area contributed by atoms with Crippen molar-refractivity contribution in [3.8, 4) is 0 Å². The zero-order valence-corrected chi connectivity index (χ0v) is 16.2. The molecule has 0 aliphatic carbocycles. The molecule has 3 aromatic rings. The van der Waals surface area contributed by atoms with E-state index in [1.54, 1.807) is 24.4 Å². The third-order valence-electron chi connectivity index (χ3n) is 4.72. The molecule has 0 aliphatic rings. The number of carbonyl (C=O) groups is 3. The lowest BCUT2D eigenvalue weighted by atomic mass is 10.0. The van der Waals surface area contributed by atoms with Gasteiger partial charge in [0.25, 0.3) is 5.91 Å². The van der Waals surface area contributed by atoms with E-state index < -0.39 is 29.9 Å². The van der Waals surface area contributed by atoms with E-state index in [1.807, 2.05) is 37.3 Å². The van der Waals surface area contributed by atoms with Gasteiger partial charge in [-0.3, -0.25) is 9.59 Å². The van der Waals surface area contributed by atoms with Crippen molar-refractivity contribution in [2.75, 3.05) is 0 Å². The van der Waals surface area contributed by atoms with Gasteiger partial charge in [-0.05, 0) is 37.6 Å². The number of hydrogen-bond donors (Lipinski definition) is 3. The van der Waals surface area contributed by atoms with Gasteiger partial charge in [0, 0.05) is 29.1 Å². The second-order valence-corrected chi connectivity index (χ2v) is 7.01. The molecule has 7 heteroatoms. The van der Waals surface area contributed by atoms with E-state index in [0.717, 1.165) is 22.0 Å². The molecule has 29 heavy (non-hydrogen) atoms. The molecule has 1 heterocycles. The van der Waals surface area contributed by atoms with Gasteiger partial charge in [-0.25, -0.2) is 0 Å². The first-order valence-corrected chi connectivity index (χ1v) is 9.29. The van der Waals surface area contributed by atoms with Crippen LogP contribution in [-0.2, 0) is 16.0 Å². The Hall–Kier alpha value is -3.61. The fraction of sp³-hybridized carbons (Fsp3) is 0.227. The summed E-state index contributed by atoms with van der Waals surface area (Å²) in [6.07, 6.45) is 1.78. The number of carboxylic acid groups (broad SMARTS) is 1. The van der Waals surface area contributed by atoms with Crippen LogP contribution >= 0.6 is 0 Å². The zero-order chi connectivity index (χ0) is 21.0. The number of aromatic nitrogens is 1. The van der Waals surface area contributed by atoms with E-state index in [2.05, 4.69) is 15.6 Å². The Balaban J connectivity index is 1.66. The summed E-state index contributed by atoms with van der Waals surface area (Å²) in [5.41, 5.74) is 2.99. The second kappa shape index (κ2) is 8.60. The molecule has 0 radical (unpaired) electrons. The molecule has 150 valence electrons. The summed E-state index contributed by atoms with van der Waals surface area (Å²) in [4.78, 5) is 39.4. The number of para-hydroxylation sites is 1. The van der Waals surface area contributed by atoms with Crippen LogP contribution in [0, 0.1) is 6.92 Å². The number of nitrogens with one attached hydrogen (secondary N) is 3. The Morgan fingerprint density at radius 2 is 1.83 bits per heavy atom. The molecule has 0 bridgehead atoms. The van der Waals surface area contributed by atoms with E-state index in [9.17, 15) is 19.5 Å². The van der Waals surface area contributed by atoms with Gasteiger partial charge >= 0.3 is 0 Å². The van der Waals surface area contributed by atoms with Crippen LogP contribution in [0.5, 0.6) is 0 Å². The highest BCUT2D eigenvalue weighted by molar-refractivity contribution is 5.98. The van der Waals surface area contributed by atoms with Crippen molar-refractivity contribution < 1.29 is 19.5 Å². The van der Waals surface area contributed by atoms with E-state index >= 15 is 0 Å². The summed E-state index contributed by atoms with van der Waals surface area (Å²) in [6.45, 7) is 3.36. The van der Waals surface area contributed by atoms with Crippen molar-refractivity contribution in [3.05, 3.63) is 71.4 Å². The monoisotopic (exact) mass is 392 g/mol. The number of fused-ring (bicyclic) bond motifs is 1. The lowest BCUT2D eigenvalue weighted by molar-refractivity contribution is -0.308. The molecule has 3 N–H and O–H groups in total. The minimum atomic E-state index is -1.39. The minimum absolute atomic E-state index is 0.0661. The van der Waals surface area contributed by atoms with Crippen LogP contribution in [0.1, 0.15) is 28.4 Å². The number of aryl methyl sites for hydroxylation is 1. The van der Waals surface area contributed by atoms with Gasteiger partial charge in [0.15, 0.2) is 0 Å². The molecular weight excluding hydrogens is 370 g/mol. The van der Waals surface area contributed by atoms with Gasteiger partial charge in [-0.1, -0.05) is 35.9 Å². The lowest BCUT2D eigenvalue weighted by Crippen LogP contribution is -2.54. The molecule has 0 saturated carbocycles. The van der Waals surface area contributed by atoms with Crippen molar-refractivity contribution in [3.63, 3.8) is 0 Å². The standard InChI is InChI=1S/C22H23N3O4/c1-13-6-5-7-15(10-13)21(27)24-14(2)20(26)25-19(22(28)29)11-16-12-23-18-9-4-3-8-17(16)18/h3-10,12,14,19,23H,11H2,1-2H3,(H,24,27)(H,25,26)(H,28,29)/p-1/t14-,19+/m0/s1. The van der Waals surface area contributed by atoms with Crippen LogP contribution in [0.4, 0.5) is 0 Å². The summed E-state index contributed by atoms with van der Waals surface area (Å²) >= 11 is 0. The highest BCUT2D eigenvalue weighted by atomic mass is 16.4. The summed E-state index contributed by atoms with van der Waals surface area (Å²) in [5.74, 6) is -2.39.